The van der Waals surface area contributed by atoms with E-state index < -0.39 is 0 Å². The quantitative estimate of drug-likeness (QED) is 0.800. The molecule has 2 aliphatic rings. The third-order valence-electron chi connectivity index (χ3n) is 4.36. The average Bonchev–Trinajstić information content (AvgIpc) is 3.08. The number of hydrogen-bond acceptors (Lipinski definition) is 3. The summed E-state index contributed by atoms with van der Waals surface area (Å²) in [5.74, 6) is 2.11. The molecule has 0 radical (unpaired) electrons. The van der Waals surface area contributed by atoms with Crippen molar-refractivity contribution >= 4 is 17.7 Å². The summed E-state index contributed by atoms with van der Waals surface area (Å²) in [7, 11) is 0. The minimum atomic E-state index is -0.153. The van der Waals surface area contributed by atoms with Crippen LogP contribution in [0.25, 0.3) is 0 Å². The van der Waals surface area contributed by atoms with Crippen molar-refractivity contribution in [3.8, 4) is 0 Å². The van der Waals surface area contributed by atoms with Crippen LogP contribution in [0.1, 0.15) is 25.7 Å². The molecule has 1 aromatic carbocycles. The van der Waals surface area contributed by atoms with Crippen molar-refractivity contribution in [1.82, 2.24) is 4.90 Å². The van der Waals surface area contributed by atoms with Crippen molar-refractivity contribution in [1.29, 1.82) is 0 Å². The Balaban J connectivity index is 1.41. The highest BCUT2D eigenvalue weighted by atomic mass is 32.2. The van der Waals surface area contributed by atoms with Crippen molar-refractivity contribution in [3.63, 3.8) is 0 Å². The lowest BCUT2D eigenvalue weighted by atomic mass is 9.98. The second-order valence-corrected chi connectivity index (χ2v) is 6.99. The van der Waals surface area contributed by atoms with Crippen LogP contribution in [-0.4, -0.2) is 42.4 Å². The van der Waals surface area contributed by atoms with E-state index in [1.165, 1.54) is 4.90 Å². The highest BCUT2D eigenvalue weighted by Gasteiger charge is 2.30. The van der Waals surface area contributed by atoms with Crippen molar-refractivity contribution in [3.05, 3.63) is 30.3 Å². The zero-order valence-corrected chi connectivity index (χ0v) is 13.2. The van der Waals surface area contributed by atoms with Gasteiger partial charge in [0, 0.05) is 30.3 Å². The number of benzene rings is 1. The topological polar surface area (TPSA) is 29.5 Å². The van der Waals surface area contributed by atoms with Crippen LogP contribution < -0.4 is 0 Å². The van der Waals surface area contributed by atoms with Crippen molar-refractivity contribution in [2.24, 2.45) is 5.92 Å². The van der Waals surface area contributed by atoms with Crippen LogP contribution in [0.4, 0.5) is 0 Å². The fourth-order valence-electron chi connectivity index (χ4n) is 3.03. The van der Waals surface area contributed by atoms with Crippen molar-refractivity contribution < 1.29 is 9.53 Å². The molecular formula is C17H23NO2S. The molecule has 3 rings (SSSR count). The lowest BCUT2D eigenvalue weighted by Crippen LogP contribution is -2.44. The normalized spacial score (nSPS) is 23.4. The van der Waals surface area contributed by atoms with E-state index in [4.69, 9.17) is 4.74 Å². The number of ether oxygens (including phenoxy) is 1. The monoisotopic (exact) mass is 305 g/mol. The first-order valence-corrected chi connectivity index (χ1v) is 8.90. The molecule has 1 unspecified atom stereocenters. The standard InChI is InChI=1S/C17H23NO2S/c19-17(16-7-4-12-20-16)18-10-8-14(9-11-18)13-21-15-5-2-1-3-6-15/h1-3,5-6,14,16H,4,7-13H2. The van der Waals surface area contributed by atoms with Crippen LogP contribution in [0.5, 0.6) is 0 Å². The molecular weight excluding hydrogens is 282 g/mol. The van der Waals surface area contributed by atoms with Gasteiger partial charge in [-0.25, -0.2) is 0 Å². The molecule has 2 saturated heterocycles. The predicted molar refractivity (Wildman–Crippen MR) is 85.4 cm³/mol. The first-order valence-electron chi connectivity index (χ1n) is 7.91. The van der Waals surface area contributed by atoms with Gasteiger partial charge in [-0.15, -0.1) is 11.8 Å². The highest BCUT2D eigenvalue weighted by molar-refractivity contribution is 7.99. The van der Waals surface area contributed by atoms with Gasteiger partial charge in [0.15, 0.2) is 0 Å². The maximum absolute atomic E-state index is 12.3. The maximum Gasteiger partial charge on any atom is 0.251 e. The van der Waals surface area contributed by atoms with Gasteiger partial charge in [0.2, 0.25) is 0 Å². The van der Waals surface area contributed by atoms with Crippen LogP contribution in [0.3, 0.4) is 0 Å². The smallest absolute Gasteiger partial charge is 0.251 e. The van der Waals surface area contributed by atoms with E-state index in [2.05, 4.69) is 30.3 Å². The Morgan fingerprint density at radius 2 is 1.95 bits per heavy atom. The lowest BCUT2D eigenvalue weighted by molar-refractivity contribution is -0.142. The molecule has 2 aliphatic heterocycles. The van der Waals surface area contributed by atoms with E-state index in [1.807, 2.05) is 16.7 Å². The first kappa shape index (κ1) is 14.9. The molecule has 2 heterocycles. The summed E-state index contributed by atoms with van der Waals surface area (Å²) in [5.41, 5.74) is 0. The van der Waals surface area contributed by atoms with Gasteiger partial charge in [-0.2, -0.15) is 0 Å². The third-order valence-corrected chi connectivity index (χ3v) is 5.60. The number of rotatable bonds is 4. The minimum absolute atomic E-state index is 0.153. The van der Waals surface area contributed by atoms with Gasteiger partial charge in [0.05, 0.1) is 0 Å². The number of thioether (sulfide) groups is 1. The molecule has 0 saturated carbocycles. The van der Waals surface area contributed by atoms with Gasteiger partial charge >= 0.3 is 0 Å². The second kappa shape index (κ2) is 7.32. The van der Waals surface area contributed by atoms with Gasteiger partial charge < -0.3 is 9.64 Å². The van der Waals surface area contributed by atoms with E-state index in [9.17, 15) is 4.79 Å². The van der Waals surface area contributed by atoms with Crippen LogP contribution in [0.2, 0.25) is 0 Å². The number of piperidine rings is 1. The van der Waals surface area contributed by atoms with Gasteiger partial charge in [-0.3, -0.25) is 4.79 Å². The number of amides is 1. The summed E-state index contributed by atoms with van der Waals surface area (Å²) in [6, 6.07) is 10.6. The number of carbonyl (C=O) groups excluding carboxylic acids is 1. The largest absolute Gasteiger partial charge is 0.368 e. The Kier molecular flexibility index (Phi) is 5.20. The van der Waals surface area contributed by atoms with Crippen molar-refractivity contribution in [2.75, 3.05) is 25.4 Å². The molecule has 4 heteroatoms. The molecule has 2 fully saturated rings. The number of hydrogen-bond donors (Lipinski definition) is 0. The molecule has 0 N–H and O–H groups in total. The third kappa shape index (κ3) is 4.01. The molecule has 1 amide bonds. The Bertz CT molecular complexity index is 451. The van der Waals surface area contributed by atoms with Crippen molar-refractivity contribution in [2.45, 2.75) is 36.7 Å². The Hall–Kier alpha value is -1.00. The molecule has 1 aromatic rings. The predicted octanol–water partition coefficient (Wildman–Crippen LogP) is 3.20. The van der Waals surface area contributed by atoms with E-state index in [1.54, 1.807) is 0 Å². The van der Waals surface area contributed by atoms with Crippen LogP contribution >= 0.6 is 11.8 Å². The molecule has 3 nitrogen and oxygen atoms in total. The molecule has 1 atom stereocenters. The number of likely N-dealkylation sites (tertiary alicyclic amines) is 1. The molecule has 0 aromatic heterocycles. The number of carbonyl (C=O) groups is 1. The zero-order valence-electron chi connectivity index (χ0n) is 12.4. The highest BCUT2D eigenvalue weighted by Crippen LogP contribution is 2.27. The van der Waals surface area contributed by atoms with E-state index >= 15 is 0 Å². The molecule has 0 bridgehead atoms. The zero-order chi connectivity index (χ0) is 14.5. The molecule has 21 heavy (non-hydrogen) atoms. The number of nitrogens with zero attached hydrogens (tertiary/aromatic N) is 1. The summed E-state index contributed by atoms with van der Waals surface area (Å²) in [6.07, 6.45) is 4.03. The van der Waals surface area contributed by atoms with Gasteiger partial charge in [-0.1, -0.05) is 18.2 Å². The van der Waals surface area contributed by atoms with Gasteiger partial charge in [0.1, 0.15) is 6.10 Å². The first-order chi connectivity index (χ1) is 10.3. The second-order valence-electron chi connectivity index (χ2n) is 5.89. The average molecular weight is 305 g/mol. The van der Waals surface area contributed by atoms with Crippen LogP contribution in [-0.2, 0) is 9.53 Å². The Morgan fingerprint density at radius 1 is 1.19 bits per heavy atom. The van der Waals surface area contributed by atoms with Crippen LogP contribution in [0.15, 0.2) is 35.2 Å². The summed E-state index contributed by atoms with van der Waals surface area (Å²) in [4.78, 5) is 15.6. The van der Waals surface area contributed by atoms with Gasteiger partial charge in [-0.05, 0) is 43.7 Å². The molecule has 0 aliphatic carbocycles. The van der Waals surface area contributed by atoms with E-state index in [0.717, 1.165) is 57.1 Å². The maximum atomic E-state index is 12.3. The molecule has 114 valence electrons. The lowest BCUT2D eigenvalue weighted by Gasteiger charge is -2.33. The fourth-order valence-corrected chi connectivity index (χ4v) is 4.14. The van der Waals surface area contributed by atoms with E-state index in [0.29, 0.717) is 0 Å². The summed E-state index contributed by atoms with van der Waals surface area (Å²) in [5, 5.41) is 0. The Morgan fingerprint density at radius 3 is 2.62 bits per heavy atom. The molecule has 0 spiro atoms. The SMILES string of the molecule is O=C(C1CCCO1)N1CCC(CSc2ccccc2)CC1. The summed E-state index contributed by atoms with van der Waals surface area (Å²) >= 11 is 1.93. The Labute approximate surface area is 131 Å². The van der Waals surface area contributed by atoms with E-state index in [-0.39, 0.29) is 12.0 Å². The fraction of sp³-hybridized carbons (Fsp3) is 0.588. The minimum Gasteiger partial charge on any atom is -0.368 e. The summed E-state index contributed by atoms with van der Waals surface area (Å²) in [6.45, 7) is 2.55. The summed E-state index contributed by atoms with van der Waals surface area (Å²) < 4.78 is 5.50. The van der Waals surface area contributed by atoms with Gasteiger partial charge in [0.25, 0.3) is 5.91 Å². The van der Waals surface area contributed by atoms with Crippen LogP contribution in [0, 0.1) is 5.92 Å².